The molecule has 2 saturated heterocycles. The number of halogens is 11. The van der Waals surface area contributed by atoms with Gasteiger partial charge >= 0.3 is 6.18 Å². The number of phenolic OH excluding ortho intramolecular Hbond substituents is 1. The summed E-state index contributed by atoms with van der Waals surface area (Å²) in [6.07, 6.45) is -4.68. The molecule has 3 aromatic rings. The molecule has 55 heavy (non-hydrogen) atoms. The third-order valence-corrected chi connectivity index (χ3v) is 12.2. The number of alkyl halides is 5. The van der Waals surface area contributed by atoms with Crippen molar-refractivity contribution in [3.05, 3.63) is 87.3 Å². The quantitative estimate of drug-likeness (QED) is 0.0747. The van der Waals surface area contributed by atoms with E-state index in [1.807, 2.05) is 0 Å². The molecule has 7 rings (SSSR count). The van der Waals surface area contributed by atoms with Crippen LogP contribution in [0.5, 0.6) is 11.5 Å². The highest BCUT2D eigenvalue weighted by atomic mass is 35.5. The third-order valence-electron chi connectivity index (χ3n) is 10.5. The number of rotatable bonds is 5. The van der Waals surface area contributed by atoms with Crippen LogP contribution in [0.4, 0.5) is 46.6 Å². The lowest BCUT2D eigenvalue weighted by molar-refractivity contribution is -0.141. The first-order valence-corrected chi connectivity index (χ1v) is 17.0. The van der Waals surface area contributed by atoms with Crippen LogP contribution in [0.1, 0.15) is 30.0 Å². The van der Waals surface area contributed by atoms with Gasteiger partial charge in [-0.05, 0) is 37.0 Å². The van der Waals surface area contributed by atoms with E-state index in [0.717, 1.165) is 32.4 Å². The Morgan fingerprint density at radius 2 is 1.53 bits per heavy atom. The number of hydrazine groups is 1. The predicted molar refractivity (Wildman–Crippen MR) is 176 cm³/mol. The Kier molecular flexibility index (Phi) is 8.89. The first-order chi connectivity index (χ1) is 25.6. The summed E-state index contributed by atoms with van der Waals surface area (Å²) in [4.78, 5) is 54.5. The van der Waals surface area contributed by atoms with E-state index in [1.165, 1.54) is 12.1 Å². The highest BCUT2D eigenvalue weighted by Gasteiger charge is 2.77. The SMILES string of the molecule is COc1cc(O)ccc1[C@H]1C2=CC[C@@H]3C(=O)N(N(C)c4nc(C(F)(F)F)ccc4Cl)C(=O)[C@@H]3[C@@H]2C[C@@]2(Cl)C(=O)N(c3c(F)c(F)c(F)c(F)c3F)C(=O)[C@@]12Cl. The Labute approximate surface area is 318 Å². The molecule has 0 radical (unpaired) electrons. The molecule has 0 spiro atoms. The van der Waals surface area contributed by atoms with E-state index in [4.69, 9.17) is 39.5 Å². The maximum Gasteiger partial charge on any atom is 0.433 e. The normalized spacial score (nSPS) is 27.6. The van der Waals surface area contributed by atoms with Gasteiger partial charge in [-0.1, -0.05) is 29.3 Å². The van der Waals surface area contributed by atoms with Crippen LogP contribution in [-0.4, -0.2) is 62.6 Å². The zero-order chi connectivity index (χ0) is 40.4. The summed E-state index contributed by atoms with van der Waals surface area (Å²) in [5.74, 6) is -25.2. The number of carbonyl (C=O) groups excluding carboxylic acids is 4. The van der Waals surface area contributed by atoms with E-state index in [-0.39, 0.29) is 39.0 Å². The van der Waals surface area contributed by atoms with Crippen LogP contribution in [0.3, 0.4) is 0 Å². The Balaban J connectivity index is 1.40. The number of ether oxygens (including phenoxy) is 1. The summed E-state index contributed by atoms with van der Waals surface area (Å²) in [6, 6.07) is 4.80. The number of imide groups is 2. The summed E-state index contributed by atoms with van der Waals surface area (Å²) in [5, 5.41) is 11.1. The molecular formula is C34H21Cl3F8N4O6. The first-order valence-electron chi connectivity index (χ1n) is 15.8. The summed E-state index contributed by atoms with van der Waals surface area (Å²) < 4.78 is 120. The molecular weight excluding hydrogens is 819 g/mol. The molecule has 0 unspecified atom stereocenters. The molecule has 3 fully saturated rings. The summed E-state index contributed by atoms with van der Waals surface area (Å²) in [5.41, 5.74) is -3.42. The smallest absolute Gasteiger partial charge is 0.433 e. The van der Waals surface area contributed by atoms with Gasteiger partial charge in [-0.15, -0.1) is 23.2 Å². The van der Waals surface area contributed by atoms with Gasteiger partial charge in [0.15, 0.2) is 38.8 Å². The molecule has 21 heteroatoms. The lowest BCUT2D eigenvalue weighted by Crippen LogP contribution is -2.60. The number of hydrogen-bond donors (Lipinski definition) is 1. The molecule has 10 nitrogen and oxygen atoms in total. The molecule has 6 atom stereocenters. The average Bonchev–Trinajstić information content (AvgIpc) is 3.47. The monoisotopic (exact) mass is 838 g/mol. The molecule has 1 saturated carbocycles. The van der Waals surface area contributed by atoms with E-state index >= 15 is 8.78 Å². The minimum Gasteiger partial charge on any atom is -0.508 e. The summed E-state index contributed by atoms with van der Waals surface area (Å²) in [7, 11) is 2.19. The number of hydrogen-bond acceptors (Lipinski definition) is 8. The number of methoxy groups -OCH3 is 1. The number of aromatic hydroxyl groups is 1. The summed E-state index contributed by atoms with van der Waals surface area (Å²) >= 11 is 20.3. The van der Waals surface area contributed by atoms with E-state index in [1.54, 1.807) is 0 Å². The first kappa shape index (κ1) is 38.6. The third kappa shape index (κ3) is 5.16. The van der Waals surface area contributed by atoms with Crippen molar-refractivity contribution in [3.8, 4) is 11.5 Å². The van der Waals surface area contributed by atoms with Gasteiger partial charge in [0, 0.05) is 24.6 Å². The van der Waals surface area contributed by atoms with Crippen molar-refractivity contribution >= 4 is 69.9 Å². The minimum absolute atomic E-state index is 0.0535. The average molecular weight is 840 g/mol. The van der Waals surface area contributed by atoms with Crippen molar-refractivity contribution in [3.63, 3.8) is 0 Å². The lowest BCUT2D eigenvalue weighted by Gasteiger charge is -2.50. The zero-order valence-corrected chi connectivity index (χ0v) is 29.9. The second-order valence-corrected chi connectivity index (χ2v) is 14.8. The van der Waals surface area contributed by atoms with Crippen molar-refractivity contribution in [2.75, 3.05) is 24.1 Å². The molecule has 2 aliphatic carbocycles. The van der Waals surface area contributed by atoms with Crippen molar-refractivity contribution in [1.29, 1.82) is 0 Å². The van der Waals surface area contributed by atoms with Gasteiger partial charge in [-0.2, -0.15) is 18.2 Å². The van der Waals surface area contributed by atoms with Crippen molar-refractivity contribution in [1.82, 2.24) is 9.99 Å². The fraction of sp³-hybridized carbons (Fsp3) is 0.324. The standard InChI is InChI=1S/C34H21Cl3F8N4O6/c1-47(27-16(35)7-8-18(46-27)34(43,44)45)49-28(51)14-6-5-12-15(19(14)29(49)52)10-32(36)30(53)48(26-24(41)22(39)21(38)23(40)25(26)42)31(54)33(32,37)20(12)13-4-3-11(50)9-17(13)55-2/h3-5,7-9,14-15,19-20,50H,6,10H2,1-2H3/t14-,15+,19-,20+,32+,33-/m0/s1. The van der Waals surface area contributed by atoms with Gasteiger partial charge in [0.1, 0.15) is 22.9 Å². The number of allylic oxidation sites excluding steroid dienone is 2. The van der Waals surface area contributed by atoms with E-state index in [2.05, 4.69) is 4.98 Å². The van der Waals surface area contributed by atoms with Crippen LogP contribution in [0, 0.1) is 46.8 Å². The van der Waals surface area contributed by atoms with Crippen LogP contribution in [0.2, 0.25) is 5.02 Å². The fourth-order valence-electron chi connectivity index (χ4n) is 8.04. The maximum atomic E-state index is 15.3. The van der Waals surface area contributed by atoms with Gasteiger partial charge in [0.2, 0.25) is 5.82 Å². The van der Waals surface area contributed by atoms with E-state index in [0.29, 0.717) is 16.1 Å². The zero-order valence-electron chi connectivity index (χ0n) is 27.6. The van der Waals surface area contributed by atoms with Crippen LogP contribution in [0.15, 0.2) is 42.0 Å². The number of nitrogens with zero attached hydrogens (tertiary/aromatic N) is 4. The van der Waals surface area contributed by atoms with Crippen molar-refractivity contribution in [2.45, 2.75) is 34.7 Å². The number of anilines is 2. The number of carbonyl (C=O) groups is 4. The number of benzene rings is 2. The number of aromatic nitrogens is 1. The number of pyridine rings is 1. The van der Waals surface area contributed by atoms with Gasteiger partial charge in [-0.25, -0.2) is 31.8 Å². The maximum absolute atomic E-state index is 15.3. The molecule has 290 valence electrons. The molecule has 1 aromatic heterocycles. The van der Waals surface area contributed by atoms with Crippen LogP contribution < -0.4 is 14.6 Å². The number of amides is 4. The van der Waals surface area contributed by atoms with Gasteiger partial charge in [-0.3, -0.25) is 24.2 Å². The predicted octanol–water partition coefficient (Wildman–Crippen LogP) is 6.78. The van der Waals surface area contributed by atoms with Gasteiger partial charge < -0.3 is 9.84 Å². The van der Waals surface area contributed by atoms with Crippen LogP contribution in [0.25, 0.3) is 0 Å². The number of phenols is 1. The minimum atomic E-state index is -4.95. The van der Waals surface area contributed by atoms with Gasteiger partial charge in [0.25, 0.3) is 23.6 Å². The Bertz CT molecular complexity index is 2270. The molecule has 0 bridgehead atoms. The largest absolute Gasteiger partial charge is 0.508 e. The lowest BCUT2D eigenvalue weighted by atomic mass is 9.56. The molecule has 4 amide bonds. The number of fused-ring (bicyclic) bond motifs is 4. The fourth-order valence-corrected chi connectivity index (χ4v) is 9.19. The van der Waals surface area contributed by atoms with Crippen LogP contribution in [-0.2, 0) is 25.4 Å². The highest BCUT2D eigenvalue weighted by Crippen LogP contribution is 2.67. The van der Waals surface area contributed by atoms with E-state index < -0.39 is 116 Å². The van der Waals surface area contributed by atoms with Crippen molar-refractivity contribution < 1.29 is 64.1 Å². The molecule has 4 aliphatic rings. The topological polar surface area (TPSA) is 120 Å². The Morgan fingerprint density at radius 1 is 0.909 bits per heavy atom. The van der Waals surface area contributed by atoms with E-state index in [9.17, 15) is 50.6 Å². The van der Waals surface area contributed by atoms with Crippen molar-refractivity contribution in [2.24, 2.45) is 17.8 Å². The highest BCUT2D eigenvalue weighted by molar-refractivity contribution is 6.58. The molecule has 2 aromatic carbocycles. The Hall–Kier alpha value is -4.68. The second kappa shape index (κ2) is 12.7. The molecule has 3 heterocycles. The molecule has 2 aliphatic heterocycles. The summed E-state index contributed by atoms with van der Waals surface area (Å²) in [6.45, 7) is 0. The van der Waals surface area contributed by atoms with Crippen LogP contribution >= 0.6 is 34.8 Å². The molecule has 1 N–H and O–H groups in total. The second-order valence-electron chi connectivity index (χ2n) is 13.1. The van der Waals surface area contributed by atoms with Gasteiger partial charge in [0.05, 0.1) is 24.0 Å². The Morgan fingerprint density at radius 3 is 2.13 bits per heavy atom.